The predicted octanol–water partition coefficient (Wildman–Crippen LogP) is 0.345. The van der Waals surface area contributed by atoms with Crippen LogP contribution >= 0.6 is 11.3 Å². The molecule has 8 nitrogen and oxygen atoms in total. The fraction of sp³-hybridized carbons (Fsp3) is 0.421. The highest BCUT2D eigenvalue weighted by atomic mass is 32.1. The van der Waals surface area contributed by atoms with Gasteiger partial charge in [-0.05, 0) is 23.9 Å². The standard InChI is InChI=1S/C19H25NO7S/c1-3-5-11(6-4-2)9-20-18(25)17-12(7-8-28-17)26-19-16(24)15(23)14(22)13(10-21)27-19/h3-8,13-16,19,21-24H,1,9-10H2,2H3,(H,20,25)/b6-4-,11-5+. The Hall–Kier alpha value is -2.01. The van der Waals surface area contributed by atoms with Crippen molar-refractivity contribution < 1.29 is 34.7 Å². The van der Waals surface area contributed by atoms with E-state index in [0.29, 0.717) is 0 Å². The minimum Gasteiger partial charge on any atom is -0.460 e. The summed E-state index contributed by atoms with van der Waals surface area (Å²) in [6.45, 7) is 5.22. The van der Waals surface area contributed by atoms with E-state index >= 15 is 0 Å². The SMILES string of the molecule is C=C/C=C(\C=C/C)CNC(=O)c1sccc1OC1OC(CO)C(O)C(O)C1O. The summed E-state index contributed by atoms with van der Waals surface area (Å²) in [4.78, 5) is 12.8. The first kappa shape index (κ1) is 22.3. The molecule has 5 atom stereocenters. The maximum absolute atomic E-state index is 12.5. The predicted molar refractivity (Wildman–Crippen MR) is 104 cm³/mol. The maximum atomic E-state index is 12.5. The number of carbonyl (C=O) groups is 1. The van der Waals surface area contributed by atoms with E-state index in [1.807, 2.05) is 19.1 Å². The van der Waals surface area contributed by atoms with Gasteiger partial charge >= 0.3 is 0 Å². The molecule has 5 unspecified atom stereocenters. The Balaban J connectivity index is 2.07. The second-order valence-electron chi connectivity index (χ2n) is 6.09. The summed E-state index contributed by atoms with van der Waals surface area (Å²) in [5.74, 6) is -0.221. The second-order valence-corrected chi connectivity index (χ2v) is 7.01. The summed E-state index contributed by atoms with van der Waals surface area (Å²) in [6, 6.07) is 1.54. The van der Waals surface area contributed by atoms with Crippen LogP contribution in [0.5, 0.6) is 5.75 Å². The van der Waals surface area contributed by atoms with Gasteiger partial charge in [-0.1, -0.05) is 30.9 Å². The molecule has 0 aliphatic carbocycles. The van der Waals surface area contributed by atoms with Crippen LogP contribution in [0.4, 0.5) is 0 Å². The van der Waals surface area contributed by atoms with Crippen LogP contribution in [-0.4, -0.2) is 70.2 Å². The molecule has 1 aliphatic rings. The molecule has 1 fully saturated rings. The van der Waals surface area contributed by atoms with E-state index in [-0.39, 0.29) is 23.1 Å². The number of amides is 1. The van der Waals surface area contributed by atoms with Crippen LogP contribution in [0.2, 0.25) is 0 Å². The van der Waals surface area contributed by atoms with Gasteiger partial charge in [0.15, 0.2) is 0 Å². The first-order valence-corrected chi connectivity index (χ1v) is 9.58. The normalized spacial score (nSPS) is 28.3. The van der Waals surface area contributed by atoms with Crippen LogP contribution in [0.3, 0.4) is 0 Å². The molecule has 154 valence electrons. The Kier molecular flexibility index (Phi) is 8.36. The van der Waals surface area contributed by atoms with Gasteiger partial charge < -0.3 is 35.2 Å². The van der Waals surface area contributed by atoms with E-state index in [2.05, 4.69) is 11.9 Å². The van der Waals surface area contributed by atoms with Gasteiger partial charge in [-0.2, -0.15) is 0 Å². The molecule has 1 saturated heterocycles. The van der Waals surface area contributed by atoms with E-state index in [1.54, 1.807) is 17.5 Å². The third-order valence-corrected chi connectivity index (χ3v) is 4.99. The zero-order chi connectivity index (χ0) is 20.7. The van der Waals surface area contributed by atoms with Crippen molar-refractivity contribution in [3.05, 3.63) is 52.8 Å². The molecule has 0 aromatic carbocycles. The smallest absolute Gasteiger partial charge is 0.265 e. The molecule has 0 radical (unpaired) electrons. The van der Waals surface area contributed by atoms with Crippen LogP contribution in [0.1, 0.15) is 16.6 Å². The Morgan fingerprint density at radius 1 is 1.36 bits per heavy atom. The zero-order valence-corrected chi connectivity index (χ0v) is 16.2. The van der Waals surface area contributed by atoms with Gasteiger partial charge in [0.05, 0.1) is 6.61 Å². The molecule has 1 aromatic rings. The zero-order valence-electron chi connectivity index (χ0n) is 15.4. The Morgan fingerprint density at radius 2 is 2.11 bits per heavy atom. The fourth-order valence-electron chi connectivity index (χ4n) is 2.65. The van der Waals surface area contributed by atoms with Crippen molar-refractivity contribution in [1.29, 1.82) is 0 Å². The second kappa shape index (κ2) is 10.5. The molecule has 0 bridgehead atoms. The third kappa shape index (κ3) is 5.28. The molecular weight excluding hydrogens is 386 g/mol. The van der Waals surface area contributed by atoms with Gasteiger partial charge in [-0.15, -0.1) is 11.3 Å². The molecule has 1 aromatic heterocycles. The molecule has 2 rings (SSSR count). The molecule has 0 spiro atoms. The number of carbonyl (C=O) groups excluding carboxylic acids is 1. The molecule has 1 amide bonds. The van der Waals surface area contributed by atoms with Crippen LogP contribution in [0.15, 0.2) is 47.9 Å². The highest BCUT2D eigenvalue weighted by Crippen LogP contribution is 2.29. The van der Waals surface area contributed by atoms with Gasteiger partial charge in [-0.3, -0.25) is 4.79 Å². The molecule has 0 saturated carbocycles. The molecule has 5 N–H and O–H groups in total. The van der Waals surface area contributed by atoms with Crippen molar-refractivity contribution in [3.8, 4) is 5.75 Å². The lowest BCUT2D eigenvalue weighted by Crippen LogP contribution is -2.60. The maximum Gasteiger partial charge on any atom is 0.265 e. The number of allylic oxidation sites excluding steroid dienone is 3. The average molecular weight is 411 g/mol. The number of hydrogen-bond acceptors (Lipinski definition) is 8. The highest BCUT2D eigenvalue weighted by Gasteiger charge is 2.45. The number of aliphatic hydroxyl groups is 4. The number of hydrogen-bond donors (Lipinski definition) is 5. The summed E-state index contributed by atoms with van der Waals surface area (Å²) < 4.78 is 10.9. The number of nitrogens with one attached hydrogen (secondary N) is 1. The van der Waals surface area contributed by atoms with Crippen LogP contribution in [-0.2, 0) is 4.74 Å². The molecule has 1 aliphatic heterocycles. The number of rotatable bonds is 8. The lowest BCUT2D eigenvalue weighted by Gasteiger charge is -2.39. The Labute approximate surface area is 167 Å². The highest BCUT2D eigenvalue weighted by molar-refractivity contribution is 7.12. The van der Waals surface area contributed by atoms with Crippen molar-refractivity contribution >= 4 is 17.2 Å². The molecule has 2 heterocycles. The topological polar surface area (TPSA) is 128 Å². The number of thiophene rings is 1. The largest absolute Gasteiger partial charge is 0.460 e. The number of ether oxygens (including phenoxy) is 2. The van der Waals surface area contributed by atoms with E-state index < -0.39 is 37.3 Å². The first-order valence-electron chi connectivity index (χ1n) is 8.70. The van der Waals surface area contributed by atoms with Crippen molar-refractivity contribution in [2.75, 3.05) is 13.2 Å². The lowest BCUT2D eigenvalue weighted by atomic mass is 9.99. The monoisotopic (exact) mass is 411 g/mol. The summed E-state index contributed by atoms with van der Waals surface area (Å²) >= 11 is 1.14. The van der Waals surface area contributed by atoms with Gasteiger partial charge in [0, 0.05) is 6.54 Å². The van der Waals surface area contributed by atoms with E-state index in [0.717, 1.165) is 16.9 Å². The van der Waals surface area contributed by atoms with Crippen LogP contribution in [0, 0.1) is 0 Å². The molecule has 9 heteroatoms. The third-order valence-electron chi connectivity index (χ3n) is 4.09. The lowest BCUT2D eigenvalue weighted by molar-refractivity contribution is -0.277. The average Bonchev–Trinajstić information content (AvgIpc) is 3.15. The van der Waals surface area contributed by atoms with E-state index in [9.17, 15) is 25.2 Å². The van der Waals surface area contributed by atoms with Crippen molar-refractivity contribution in [1.82, 2.24) is 5.32 Å². The van der Waals surface area contributed by atoms with Gasteiger partial charge in [-0.25, -0.2) is 0 Å². The van der Waals surface area contributed by atoms with Gasteiger partial charge in [0.25, 0.3) is 5.91 Å². The van der Waals surface area contributed by atoms with Gasteiger partial charge in [0.2, 0.25) is 6.29 Å². The Bertz CT molecular complexity index is 728. The minimum atomic E-state index is -1.56. The summed E-state index contributed by atoms with van der Waals surface area (Å²) in [7, 11) is 0. The Morgan fingerprint density at radius 3 is 2.75 bits per heavy atom. The van der Waals surface area contributed by atoms with Crippen molar-refractivity contribution in [2.45, 2.75) is 37.6 Å². The summed E-state index contributed by atoms with van der Waals surface area (Å²) in [5.41, 5.74) is 0.860. The van der Waals surface area contributed by atoms with Gasteiger partial charge in [0.1, 0.15) is 35.0 Å². The summed E-state index contributed by atoms with van der Waals surface area (Å²) in [5, 5.41) is 43.4. The fourth-order valence-corrected chi connectivity index (χ4v) is 3.39. The molecular formula is C19H25NO7S. The van der Waals surface area contributed by atoms with Crippen molar-refractivity contribution in [3.63, 3.8) is 0 Å². The van der Waals surface area contributed by atoms with Crippen LogP contribution < -0.4 is 10.1 Å². The van der Waals surface area contributed by atoms with Crippen LogP contribution in [0.25, 0.3) is 0 Å². The van der Waals surface area contributed by atoms with Crippen molar-refractivity contribution in [2.24, 2.45) is 0 Å². The first-order chi connectivity index (χ1) is 13.4. The molecule has 28 heavy (non-hydrogen) atoms. The summed E-state index contributed by atoms with van der Waals surface area (Å²) in [6.07, 6.45) is 0.0710. The number of aliphatic hydroxyl groups excluding tert-OH is 4. The quantitative estimate of drug-likeness (QED) is 0.390. The van der Waals surface area contributed by atoms with E-state index in [4.69, 9.17) is 9.47 Å². The minimum absolute atomic E-state index is 0.159. The van der Waals surface area contributed by atoms with E-state index in [1.165, 1.54) is 6.07 Å².